The maximum Gasteiger partial charge on any atom is 0.209 e. The third-order valence-electron chi connectivity index (χ3n) is 2.32. The van der Waals surface area contributed by atoms with Crippen molar-refractivity contribution in [3.05, 3.63) is 29.8 Å². The summed E-state index contributed by atoms with van der Waals surface area (Å²) >= 11 is 1.30. The Balaban J connectivity index is 1.98. The van der Waals surface area contributed by atoms with Crippen LogP contribution in [0.15, 0.2) is 29.4 Å². The van der Waals surface area contributed by atoms with E-state index in [4.69, 9.17) is 5.11 Å². The van der Waals surface area contributed by atoms with Crippen LogP contribution in [-0.2, 0) is 6.54 Å². The number of ketones is 1. The lowest BCUT2D eigenvalue weighted by Gasteiger charge is -2.01. The van der Waals surface area contributed by atoms with Gasteiger partial charge in [-0.3, -0.25) is 4.79 Å². The predicted molar refractivity (Wildman–Crippen MR) is 66.7 cm³/mol. The summed E-state index contributed by atoms with van der Waals surface area (Å²) in [6.07, 6.45) is 0. The molecule has 2 rings (SSSR count). The zero-order valence-electron chi connectivity index (χ0n) is 9.78. The number of hydrogen-bond donors (Lipinski definition) is 1. The molecule has 0 unspecified atom stereocenters. The van der Waals surface area contributed by atoms with Crippen molar-refractivity contribution < 1.29 is 9.90 Å². The van der Waals surface area contributed by atoms with E-state index in [2.05, 4.69) is 15.5 Å². The molecule has 1 heterocycles. The van der Waals surface area contributed by atoms with Crippen molar-refractivity contribution in [2.75, 3.05) is 5.75 Å². The summed E-state index contributed by atoms with van der Waals surface area (Å²) < 4.78 is 1.63. The third-order valence-corrected chi connectivity index (χ3v) is 3.28. The van der Waals surface area contributed by atoms with Gasteiger partial charge in [0.1, 0.15) is 5.75 Å². The highest BCUT2D eigenvalue weighted by molar-refractivity contribution is 7.99. The molecule has 0 aliphatic heterocycles. The number of phenolic OH excluding ortho intramolecular Hbond substituents is 1. The number of aryl methyl sites for hydroxylation is 1. The molecule has 7 heteroatoms. The second-order valence-corrected chi connectivity index (χ2v) is 4.48. The first kappa shape index (κ1) is 12.6. The Bertz CT molecular complexity index is 538. The van der Waals surface area contributed by atoms with Gasteiger partial charge in [-0.1, -0.05) is 11.8 Å². The fraction of sp³-hybridized carbons (Fsp3) is 0.273. The minimum atomic E-state index is -0.0225. The van der Waals surface area contributed by atoms with Gasteiger partial charge in [0.15, 0.2) is 5.78 Å². The number of aromatic nitrogens is 4. The van der Waals surface area contributed by atoms with Crippen molar-refractivity contribution in [1.82, 2.24) is 20.2 Å². The molecule has 2 aromatic rings. The van der Waals surface area contributed by atoms with Gasteiger partial charge >= 0.3 is 0 Å². The molecule has 1 aromatic carbocycles. The fourth-order valence-electron chi connectivity index (χ4n) is 1.36. The normalized spacial score (nSPS) is 10.5. The summed E-state index contributed by atoms with van der Waals surface area (Å²) in [6.45, 7) is 2.60. The van der Waals surface area contributed by atoms with Gasteiger partial charge in [-0.2, -0.15) is 0 Å². The number of thioether (sulfide) groups is 1. The molecule has 0 aliphatic carbocycles. The number of benzene rings is 1. The number of phenols is 1. The maximum absolute atomic E-state index is 11.9. The van der Waals surface area contributed by atoms with Crippen LogP contribution < -0.4 is 0 Å². The van der Waals surface area contributed by atoms with E-state index in [9.17, 15) is 4.79 Å². The Morgan fingerprint density at radius 3 is 2.78 bits per heavy atom. The van der Waals surface area contributed by atoms with Gasteiger partial charge in [0, 0.05) is 12.1 Å². The van der Waals surface area contributed by atoms with E-state index in [1.54, 1.807) is 16.8 Å². The molecule has 0 spiro atoms. The van der Waals surface area contributed by atoms with Crippen molar-refractivity contribution in [3.8, 4) is 5.75 Å². The topological polar surface area (TPSA) is 80.9 Å². The van der Waals surface area contributed by atoms with Crippen LogP contribution in [0.5, 0.6) is 5.75 Å². The number of carbonyl (C=O) groups is 1. The van der Waals surface area contributed by atoms with Crippen LogP contribution in [0.1, 0.15) is 17.3 Å². The van der Waals surface area contributed by atoms with Gasteiger partial charge in [0.2, 0.25) is 5.16 Å². The summed E-state index contributed by atoms with van der Waals surface area (Å²) in [5.74, 6) is 0.394. The Labute approximate surface area is 108 Å². The molecule has 0 atom stereocenters. The van der Waals surface area contributed by atoms with Crippen molar-refractivity contribution in [3.63, 3.8) is 0 Å². The van der Waals surface area contributed by atoms with Gasteiger partial charge in [-0.15, -0.1) is 5.10 Å². The van der Waals surface area contributed by atoms with Crippen molar-refractivity contribution in [1.29, 1.82) is 0 Å². The molecule has 0 amide bonds. The maximum atomic E-state index is 11.9. The highest BCUT2D eigenvalue weighted by Crippen LogP contribution is 2.17. The number of tetrazole rings is 1. The quantitative estimate of drug-likeness (QED) is 0.649. The Morgan fingerprint density at radius 2 is 2.11 bits per heavy atom. The Hall–Kier alpha value is -1.89. The lowest BCUT2D eigenvalue weighted by molar-refractivity contribution is 0.102. The van der Waals surface area contributed by atoms with E-state index in [1.165, 1.54) is 23.9 Å². The van der Waals surface area contributed by atoms with Gasteiger partial charge in [0.25, 0.3) is 0 Å². The van der Waals surface area contributed by atoms with Gasteiger partial charge in [0.05, 0.1) is 5.75 Å². The van der Waals surface area contributed by atoms with E-state index in [-0.39, 0.29) is 17.3 Å². The average Bonchev–Trinajstić information content (AvgIpc) is 2.84. The highest BCUT2D eigenvalue weighted by Gasteiger charge is 2.10. The summed E-state index contributed by atoms with van der Waals surface area (Å²) in [5.41, 5.74) is 0.566. The number of rotatable bonds is 5. The van der Waals surface area contributed by atoms with E-state index >= 15 is 0 Å². The van der Waals surface area contributed by atoms with Crippen LogP contribution in [-0.4, -0.2) is 36.8 Å². The molecule has 0 fully saturated rings. The molecule has 0 radical (unpaired) electrons. The number of Topliss-reactive ketones (excluding diaryl/α,β-unsaturated/α-hetero) is 1. The van der Waals surface area contributed by atoms with Gasteiger partial charge in [-0.05, 0) is 41.6 Å². The number of carbonyl (C=O) groups excluding carboxylic acids is 1. The average molecular weight is 264 g/mol. The van der Waals surface area contributed by atoms with Crippen LogP contribution >= 0.6 is 11.8 Å². The summed E-state index contributed by atoms with van der Waals surface area (Å²) in [7, 11) is 0. The Kier molecular flexibility index (Phi) is 3.93. The summed E-state index contributed by atoms with van der Waals surface area (Å²) in [4.78, 5) is 11.9. The molecule has 0 aliphatic rings. The van der Waals surface area contributed by atoms with Crippen LogP contribution in [0.2, 0.25) is 0 Å². The fourth-order valence-corrected chi connectivity index (χ4v) is 2.19. The van der Waals surface area contributed by atoms with Gasteiger partial charge in [-0.25, -0.2) is 4.68 Å². The molecular formula is C11H12N4O2S. The van der Waals surface area contributed by atoms with Crippen molar-refractivity contribution >= 4 is 17.5 Å². The summed E-state index contributed by atoms with van der Waals surface area (Å²) in [6, 6.07) is 6.18. The van der Waals surface area contributed by atoms with Crippen LogP contribution in [0.3, 0.4) is 0 Å². The molecule has 0 saturated carbocycles. The van der Waals surface area contributed by atoms with Crippen LogP contribution in [0.25, 0.3) is 0 Å². The smallest absolute Gasteiger partial charge is 0.209 e. The van der Waals surface area contributed by atoms with E-state index < -0.39 is 0 Å². The molecule has 0 saturated heterocycles. The molecule has 18 heavy (non-hydrogen) atoms. The first-order valence-electron chi connectivity index (χ1n) is 5.42. The summed E-state index contributed by atoms with van der Waals surface area (Å²) in [5, 5.41) is 20.9. The number of nitrogens with zero attached hydrogens (tertiary/aromatic N) is 4. The largest absolute Gasteiger partial charge is 0.508 e. The second kappa shape index (κ2) is 5.63. The Morgan fingerprint density at radius 1 is 1.39 bits per heavy atom. The first-order chi connectivity index (χ1) is 8.70. The standard InChI is InChI=1S/C11H12N4O2S/c1-2-15-11(12-13-14-15)18-7-10(17)8-3-5-9(16)6-4-8/h3-6,16H,2,7H2,1H3. The third kappa shape index (κ3) is 2.86. The molecule has 1 aromatic heterocycles. The molecule has 94 valence electrons. The predicted octanol–water partition coefficient (Wildman–Crippen LogP) is 1.37. The van der Waals surface area contributed by atoms with E-state index in [1.807, 2.05) is 6.92 Å². The van der Waals surface area contributed by atoms with E-state index in [0.29, 0.717) is 17.3 Å². The number of hydrogen-bond acceptors (Lipinski definition) is 6. The SMILES string of the molecule is CCn1nnnc1SCC(=O)c1ccc(O)cc1. The van der Waals surface area contributed by atoms with Crippen molar-refractivity contribution in [2.45, 2.75) is 18.6 Å². The van der Waals surface area contributed by atoms with Crippen LogP contribution in [0.4, 0.5) is 0 Å². The highest BCUT2D eigenvalue weighted by atomic mass is 32.2. The van der Waals surface area contributed by atoms with Crippen molar-refractivity contribution in [2.24, 2.45) is 0 Å². The number of aromatic hydroxyl groups is 1. The van der Waals surface area contributed by atoms with E-state index in [0.717, 1.165) is 0 Å². The lowest BCUT2D eigenvalue weighted by Crippen LogP contribution is -2.05. The zero-order chi connectivity index (χ0) is 13.0. The van der Waals surface area contributed by atoms with Gasteiger partial charge < -0.3 is 5.11 Å². The van der Waals surface area contributed by atoms with Crippen LogP contribution in [0, 0.1) is 0 Å². The molecule has 0 bridgehead atoms. The minimum absolute atomic E-state index is 0.0225. The molecule has 1 N–H and O–H groups in total. The molecular weight excluding hydrogens is 252 g/mol. The zero-order valence-corrected chi connectivity index (χ0v) is 10.6. The lowest BCUT2D eigenvalue weighted by atomic mass is 10.1. The molecule has 6 nitrogen and oxygen atoms in total. The minimum Gasteiger partial charge on any atom is -0.508 e. The monoisotopic (exact) mass is 264 g/mol. The first-order valence-corrected chi connectivity index (χ1v) is 6.40. The second-order valence-electron chi connectivity index (χ2n) is 3.54.